The minimum atomic E-state index is -0.176. The van der Waals surface area contributed by atoms with E-state index < -0.39 is 0 Å². The number of halogens is 1. The molecule has 0 unspecified atom stereocenters. The van der Waals surface area contributed by atoms with Gasteiger partial charge < -0.3 is 0 Å². The summed E-state index contributed by atoms with van der Waals surface area (Å²) in [6.07, 6.45) is 11.4. The van der Waals surface area contributed by atoms with Crippen LogP contribution in [-0.2, 0) is 0 Å². The molecule has 0 aliphatic heterocycles. The standard InChI is InChI=1S/C10H11F/c1-2-4-9-5-3-6-10(11)8-7-9/h2-4,6-8H,5H2,1H3. The van der Waals surface area contributed by atoms with Gasteiger partial charge in [0.2, 0.25) is 0 Å². The summed E-state index contributed by atoms with van der Waals surface area (Å²) in [6, 6.07) is 0. The van der Waals surface area contributed by atoms with Crippen molar-refractivity contribution in [2.24, 2.45) is 0 Å². The Bertz CT molecular complexity index is 242. The monoisotopic (exact) mass is 150 g/mol. The van der Waals surface area contributed by atoms with Crippen LogP contribution in [0, 0.1) is 0 Å². The van der Waals surface area contributed by atoms with E-state index in [0.717, 1.165) is 12.0 Å². The minimum Gasteiger partial charge on any atom is -0.207 e. The first kappa shape index (κ1) is 7.99. The Morgan fingerprint density at radius 2 is 2.27 bits per heavy atom. The van der Waals surface area contributed by atoms with Crippen molar-refractivity contribution in [1.29, 1.82) is 0 Å². The fourth-order valence-electron chi connectivity index (χ4n) is 0.956. The molecule has 0 saturated carbocycles. The van der Waals surface area contributed by atoms with Crippen LogP contribution in [0.2, 0.25) is 0 Å². The second-order valence-corrected chi connectivity index (χ2v) is 2.40. The molecule has 0 aromatic heterocycles. The molecule has 0 aromatic rings. The fourth-order valence-corrected chi connectivity index (χ4v) is 0.956. The van der Waals surface area contributed by atoms with Crippen LogP contribution in [0.5, 0.6) is 0 Å². The molecule has 0 heterocycles. The van der Waals surface area contributed by atoms with Gasteiger partial charge >= 0.3 is 0 Å². The summed E-state index contributed by atoms with van der Waals surface area (Å²) in [5.74, 6) is -0.176. The molecule has 1 rings (SSSR count). The van der Waals surface area contributed by atoms with Crippen LogP contribution in [0.25, 0.3) is 0 Å². The second-order valence-electron chi connectivity index (χ2n) is 2.40. The molecule has 0 radical (unpaired) electrons. The van der Waals surface area contributed by atoms with E-state index >= 15 is 0 Å². The van der Waals surface area contributed by atoms with Gasteiger partial charge in [-0.15, -0.1) is 0 Å². The number of hydrogen-bond donors (Lipinski definition) is 0. The highest BCUT2D eigenvalue weighted by Gasteiger charge is 1.93. The topological polar surface area (TPSA) is 0 Å². The highest BCUT2D eigenvalue weighted by Crippen LogP contribution is 2.12. The molecule has 0 spiro atoms. The maximum absolute atomic E-state index is 12.6. The van der Waals surface area contributed by atoms with Crippen LogP contribution in [0.1, 0.15) is 13.3 Å². The Hall–Kier alpha value is -1.11. The van der Waals surface area contributed by atoms with E-state index in [2.05, 4.69) is 0 Å². The predicted molar refractivity (Wildman–Crippen MR) is 45.8 cm³/mol. The molecular formula is C10H11F. The van der Waals surface area contributed by atoms with Gasteiger partial charge in [0.1, 0.15) is 5.83 Å². The van der Waals surface area contributed by atoms with Crippen molar-refractivity contribution in [1.82, 2.24) is 0 Å². The minimum absolute atomic E-state index is 0.176. The first-order chi connectivity index (χ1) is 5.33. The molecule has 58 valence electrons. The molecular weight excluding hydrogens is 139 g/mol. The van der Waals surface area contributed by atoms with E-state index in [0.29, 0.717) is 0 Å². The highest BCUT2D eigenvalue weighted by molar-refractivity contribution is 5.32. The maximum Gasteiger partial charge on any atom is 0.122 e. The van der Waals surface area contributed by atoms with Crippen molar-refractivity contribution in [2.45, 2.75) is 13.3 Å². The number of rotatable bonds is 1. The quantitative estimate of drug-likeness (QED) is 0.538. The van der Waals surface area contributed by atoms with E-state index in [9.17, 15) is 4.39 Å². The third-order valence-corrected chi connectivity index (χ3v) is 1.47. The van der Waals surface area contributed by atoms with E-state index in [-0.39, 0.29) is 5.83 Å². The third-order valence-electron chi connectivity index (χ3n) is 1.47. The molecule has 0 fully saturated rings. The lowest BCUT2D eigenvalue weighted by Gasteiger charge is -1.91. The number of hydrogen-bond acceptors (Lipinski definition) is 0. The van der Waals surface area contributed by atoms with Gasteiger partial charge in [-0.25, -0.2) is 4.39 Å². The zero-order valence-corrected chi connectivity index (χ0v) is 6.55. The molecule has 11 heavy (non-hydrogen) atoms. The lowest BCUT2D eigenvalue weighted by atomic mass is 10.2. The van der Waals surface area contributed by atoms with Crippen LogP contribution in [0.4, 0.5) is 4.39 Å². The smallest absolute Gasteiger partial charge is 0.122 e. The largest absolute Gasteiger partial charge is 0.207 e. The molecule has 0 amide bonds. The summed E-state index contributed by atoms with van der Waals surface area (Å²) < 4.78 is 12.6. The first-order valence-electron chi connectivity index (χ1n) is 3.68. The molecule has 0 N–H and O–H groups in total. The summed E-state index contributed by atoms with van der Waals surface area (Å²) in [5.41, 5.74) is 1.14. The Kier molecular flexibility index (Phi) is 2.84. The van der Waals surface area contributed by atoms with Gasteiger partial charge in [0.25, 0.3) is 0 Å². The van der Waals surface area contributed by atoms with Crippen molar-refractivity contribution in [3.05, 3.63) is 47.9 Å². The summed E-state index contributed by atoms with van der Waals surface area (Å²) >= 11 is 0. The Labute approximate surface area is 66.4 Å². The van der Waals surface area contributed by atoms with E-state index in [1.54, 1.807) is 6.08 Å². The summed E-state index contributed by atoms with van der Waals surface area (Å²) in [4.78, 5) is 0. The van der Waals surface area contributed by atoms with Gasteiger partial charge in [-0.2, -0.15) is 0 Å². The van der Waals surface area contributed by atoms with Gasteiger partial charge in [0, 0.05) is 0 Å². The lowest BCUT2D eigenvalue weighted by Crippen LogP contribution is -1.71. The van der Waals surface area contributed by atoms with Gasteiger partial charge in [-0.1, -0.05) is 24.3 Å². The third kappa shape index (κ3) is 2.54. The average molecular weight is 150 g/mol. The van der Waals surface area contributed by atoms with Crippen molar-refractivity contribution in [3.8, 4) is 0 Å². The van der Waals surface area contributed by atoms with Crippen molar-refractivity contribution in [3.63, 3.8) is 0 Å². The summed E-state index contributed by atoms with van der Waals surface area (Å²) in [7, 11) is 0. The molecule has 1 aliphatic rings. The van der Waals surface area contributed by atoms with E-state index in [1.807, 2.05) is 25.2 Å². The van der Waals surface area contributed by atoms with Crippen LogP contribution < -0.4 is 0 Å². The van der Waals surface area contributed by atoms with Gasteiger partial charge in [0.15, 0.2) is 0 Å². The van der Waals surface area contributed by atoms with Crippen molar-refractivity contribution < 1.29 is 4.39 Å². The molecule has 1 aliphatic carbocycles. The van der Waals surface area contributed by atoms with Crippen LogP contribution in [0.3, 0.4) is 0 Å². The molecule has 0 atom stereocenters. The van der Waals surface area contributed by atoms with Crippen molar-refractivity contribution >= 4 is 0 Å². The Balaban J connectivity index is 2.78. The summed E-state index contributed by atoms with van der Waals surface area (Å²) in [6.45, 7) is 1.95. The summed E-state index contributed by atoms with van der Waals surface area (Å²) in [5, 5.41) is 0. The molecule has 0 aromatic carbocycles. The zero-order valence-electron chi connectivity index (χ0n) is 6.55. The first-order valence-corrected chi connectivity index (χ1v) is 3.68. The zero-order chi connectivity index (χ0) is 8.10. The Morgan fingerprint density at radius 1 is 1.45 bits per heavy atom. The fraction of sp³-hybridized carbons (Fsp3) is 0.200. The van der Waals surface area contributed by atoms with Crippen LogP contribution in [-0.4, -0.2) is 0 Å². The molecule has 0 saturated heterocycles. The molecule has 1 heteroatoms. The Morgan fingerprint density at radius 3 is 3.00 bits per heavy atom. The average Bonchev–Trinajstić information content (AvgIpc) is 2.17. The normalized spacial score (nSPS) is 18.0. The maximum atomic E-state index is 12.6. The highest BCUT2D eigenvalue weighted by atomic mass is 19.1. The SMILES string of the molecule is CC=CC1=CC=C(F)C=CC1. The van der Waals surface area contributed by atoms with Gasteiger partial charge in [-0.05, 0) is 31.1 Å². The second kappa shape index (κ2) is 3.91. The molecule has 0 bridgehead atoms. The van der Waals surface area contributed by atoms with Crippen LogP contribution >= 0.6 is 0 Å². The number of allylic oxidation sites excluding steroid dienone is 8. The van der Waals surface area contributed by atoms with Crippen molar-refractivity contribution in [2.75, 3.05) is 0 Å². The molecule has 0 nitrogen and oxygen atoms in total. The van der Waals surface area contributed by atoms with Gasteiger partial charge in [0.05, 0.1) is 0 Å². The predicted octanol–water partition coefficient (Wildman–Crippen LogP) is 3.30. The van der Waals surface area contributed by atoms with Gasteiger partial charge in [-0.3, -0.25) is 0 Å². The van der Waals surface area contributed by atoms with E-state index in [4.69, 9.17) is 0 Å². The van der Waals surface area contributed by atoms with E-state index in [1.165, 1.54) is 12.2 Å². The lowest BCUT2D eigenvalue weighted by molar-refractivity contribution is 0.667. The van der Waals surface area contributed by atoms with Crippen LogP contribution in [0.15, 0.2) is 47.9 Å².